The van der Waals surface area contributed by atoms with Gasteiger partial charge in [-0.1, -0.05) is 25.6 Å². The Morgan fingerprint density at radius 3 is 1.64 bits per heavy atom. The Bertz CT molecular complexity index is 2230. The first-order valence-electron chi connectivity index (χ1n) is 18.8. The summed E-state index contributed by atoms with van der Waals surface area (Å²) in [6.07, 6.45) is -0.776. The summed E-state index contributed by atoms with van der Waals surface area (Å²) in [5, 5.41) is 33.8. The van der Waals surface area contributed by atoms with Crippen LogP contribution in [0.4, 0.5) is 0 Å². The van der Waals surface area contributed by atoms with Gasteiger partial charge in [0.15, 0.2) is 17.0 Å². The first-order chi connectivity index (χ1) is 30.9. The molecule has 4 aromatic rings. The standard InChI is InChI=1S/C13H16N2O5S.C11H10N2O4S.C8H8O3S.C5H10N2O3.C2H4O2.CH4.Na/c1-3-19-11(17)8-10(16)14-15-12(13(18)20-4-2)9-6-5-7-21-9;1-2-17-11(16)7-9(14)8(12-13-10(7)15)6-4-3-5-18-6;1-2-11-8(10)7(9)6-4-3-5-12-6;1-2-10-5(9)3-4(8)7-6;1-2(3)4;;/h5-7H,3-4,8H2,1-2H3,(H,14,16);3-5H,2H2,1H3,(H2,13,14,15);3-5H,2H2,1H3;2-3,6H2,1H3,(H,7,8);1H3,(H,3,4);1H4;/q;;;;;;+1/p-1/b15-12-;;;;;;. The number of carboxylic acids is 1. The normalized spacial score (nSPS) is 9.51. The second-order valence-electron chi connectivity index (χ2n) is 11.1. The van der Waals surface area contributed by atoms with E-state index < -0.39 is 76.7 Å². The zero-order valence-electron chi connectivity index (χ0n) is 36.8. The number of rotatable bonds is 16. The molecule has 0 aliphatic carbocycles. The van der Waals surface area contributed by atoms with Crippen molar-refractivity contribution < 1.29 is 107 Å². The van der Waals surface area contributed by atoms with Crippen molar-refractivity contribution in [1.82, 2.24) is 21.0 Å². The quantitative estimate of drug-likeness (QED) is 0.00884. The van der Waals surface area contributed by atoms with E-state index in [0.717, 1.165) is 6.92 Å². The van der Waals surface area contributed by atoms with Crippen LogP contribution in [0.25, 0.3) is 10.6 Å². The average molecular weight is 1010 g/mol. The van der Waals surface area contributed by atoms with Gasteiger partial charge in [-0.05, 0) is 75.9 Å². The van der Waals surface area contributed by atoms with Crippen LogP contribution in [0.1, 0.15) is 86.7 Å². The van der Waals surface area contributed by atoms with Crippen LogP contribution in [0.3, 0.4) is 0 Å². The molecule has 0 fully saturated rings. The smallest absolute Gasteiger partial charge is 0.550 e. The molecule has 0 saturated heterocycles. The molecule has 2 amide bonds. The third kappa shape index (κ3) is 27.2. The van der Waals surface area contributed by atoms with E-state index in [1.165, 1.54) is 34.0 Å². The van der Waals surface area contributed by atoms with Crippen molar-refractivity contribution in [3.63, 3.8) is 0 Å². The van der Waals surface area contributed by atoms with Gasteiger partial charge in [-0.15, -0.1) is 34.0 Å². The Kier molecular flexibility index (Phi) is 36.9. The van der Waals surface area contributed by atoms with Gasteiger partial charge >= 0.3 is 59.4 Å². The van der Waals surface area contributed by atoms with Crippen LogP contribution in [0.5, 0.6) is 5.75 Å². The maximum atomic E-state index is 11.8. The van der Waals surface area contributed by atoms with E-state index in [9.17, 15) is 48.3 Å². The Hall–Kier alpha value is -6.16. The van der Waals surface area contributed by atoms with E-state index >= 15 is 0 Å². The van der Waals surface area contributed by atoms with Crippen LogP contribution in [-0.2, 0) is 57.2 Å². The number of carbonyl (C=O) groups excluding carboxylic acids is 9. The Balaban J connectivity index is -0.000000812. The molecule has 4 rings (SSSR count). The number of hydrogen-bond donors (Lipinski definition) is 5. The average Bonchev–Trinajstić information content (AvgIpc) is 4.08. The number of hydrazone groups is 1. The number of ether oxygens (including phenoxy) is 5. The second-order valence-corrected chi connectivity index (χ2v) is 13.9. The molecule has 6 N–H and O–H groups in total. The summed E-state index contributed by atoms with van der Waals surface area (Å²) in [7, 11) is 0. The molecule has 0 spiro atoms. The summed E-state index contributed by atoms with van der Waals surface area (Å²) >= 11 is 3.85. The van der Waals surface area contributed by atoms with Gasteiger partial charge in [-0.25, -0.2) is 30.8 Å². The van der Waals surface area contributed by atoms with E-state index in [0.29, 0.717) is 14.6 Å². The number of carboxylic acid groups (broad SMARTS) is 1. The number of H-pyrrole nitrogens is 1. The van der Waals surface area contributed by atoms with Crippen LogP contribution in [0.2, 0.25) is 0 Å². The van der Waals surface area contributed by atoms with E-state index in [1.54, 1.807) is 87.2 Å². The number of esters is 5. The Labute approximate surface area is 418 Å². The maximum Gasteiger partial charge on any atom is 1.00 e. The minimum absolute atomic E-state index is 0. The molecule has 67 heavy (non-hydrogen) atoms. The van der Waals surface area contributed by atoms with Gasteiger partial charge in [0.1, 0.15) is 18.5 Å². The first-order valence-corrected chi connectivity index (χ1v) is 21.4. The van der Waals surface area contributed by atoms with Gasteiger partial charge in [-0.2, -0.15) is 10.2 Å². The molecule has 4 aromatic heterocycles. The second kappa shape index (κ2) is 38.0. The number of hydrogen-bond acceptors (Lipinski definition) is 23. The first kappa shape index (κ1) is 65.1. The predicted molar refractivity (Wildman–Crippen MR) is 239 cm³/mol. The van der Waals surface area contributed by atoms with E-state index in [-0.39, 0.29) is 87.8 Å². The summed E-state index contributed by atoms with van der Waals surface area (Å²) in [4.78, 5) is 111. The number of aliphatic carboxylic acids is 1. The number of amides is 2. The molecule has 0 unspecified atom stereocenters. The molecule has 0 aliphatic rings. The number of carbonyl (C=O) groups is 9. The van der Waals surface area contributed by atoms with E-state index in [4.69, 9.17) is 25.2 Å². The summed E-state index contributed by atoms with van der Waals surface area (Å²) < 4.78 is 23.2. The van der Waals surface area contributed by atoms with Crippen molar-refractivity contribution in [2.45, 2.75) is 61.8 Å². The van der Waals surface area contributed by atoms with Gasteiger partial charge in [-0.3, -0.25) is 34.2 Å². The number of aromatic amines is 1. The fourth-order valence-corrected chi connectivity index (χ4v) is 5.90. The minimum Gasteiger partial charge on any atom is -0.550 e. The molecule has 27 heteroatoms. The molecular formula is C40H51N6NaO17S3. The van der Waals surface area contributed by atoms with Crippen LogP contribution >= 0.6 is 34.0 Å². The molecule has 0 bridgehead atoms. The molecule has 362 valence electrons. The monoisotopic (exact) mass is 1010 g/mol. The van der Waals surface area contributed by atoms with Crippen molar-refractivity contribution in [1.29, 1.82) is 0 Å². The van der Waals surface area contributed by atoms with Gasteiger partial charge in [0.25, 0.3) is 17.2 Å². The summed E-state index contributed by atoms with van der Waals surface area (Å²) in [5.74, 6) is -2.10. The molecule has 0 atom stereocenters. The molecule has 0 saturated carbocycles. The number of aromatic nitrogens is 2. The van der Waals surface area contributed by atoms with Crippen molar-refractivity contribution in [3.05, 3.63) is 78.2 Å². The fraction of sp³-hybridized carbons (Fsp3) is 0.350. The number of thiophene rings is 3. The predicted octanol–water partition coefficient (Wildman–Crippen LogP) is -0.715. The third-order valence-electron chi connectivity index (χ3n) is 6.29. The number of hydrazine groups is 1. The summed E-state index contributed by atoms with van der Waals surface area (Å²) in [6, 6.07) is 10.2. The fourth-order valence-electron chi connectivity index (χ4n) is 3.83. The third-order valence-corrected chi connectivity index (χ3v) is 8.92. The number of nitrogens with two attached hydrogens (primary N) is 1. The molecule has 0 aliphatic heterocycles. The summed E-state index contributed by atoms with van der Waals surface area (Å²) in [6.45, 7) is 10.2. The van der Waals surface area contributed by atoms with Crippen molar-refractivity contribution >= 4 is 93.1 Å². The van der Waals surface area contributed by atoms with E-state index in [2.05, 4.69) is 34.9 Å². The van der Waals surface area contributed by atoms with Gasteiger partial charge < -0.3 is 38.7 Å². The van der Waals surface area contributed by atoms with Gasteiger partial charge in [0.2, 0.25) is 5.91 Å². The topological polar surface area (TPSA) is 351 Å². The number of nitrogens with one attached hydrogen (secondary N) is 3. The van der Waals surface area contributed by atoms with Crippen LogP contribution in [-0.4, -0.2) is 107 Å². The van der Waals surface area contributed by atoms with Crippen molar-refractivity contribution in [2.75, 3.05) is 33.0 Å². The molecule has 4 heterocycles. The largest absolute Gasteiger partial charge is 1.00 e. The maximum absolute atomic E-state index is 11.8. The van der Waals surface area contributed by atoms with Gasteiger partial charge in [0.05, 0.1) is 47.7 Å². The van der Waals surface area contributed by atoms with Crippen molar-refractivity contribution in [3.8, 4) is 16.3 Å². The SMILES string of the molecule is C.CC(=O)[O-].CCOC(=O)C(=O)c1cccs1.CCOC(=O)CC(=O)N/N=C(\C(=O)OCC)c1cccs1.CCOC(=O)CC(=O)NN.CCOC(=O)c1c(O)c(-c2cccs2)n[nH]c1=O.[Na+]. The molecule has 0 radical (unpaired) electrons. The zero-order valence-corrected chi connectivity index (χ0v) is 41.3. The van der Waals surface area contributed by atoms with Crippen molar-refractivity contribution in [2.24, 2.45) is 10.9 Å². The number of Topliss-reactive ketones (excluding diaryl/α,β-unsaturated/α-hetero) is 1. The zero-order chi connectivity index (χ0) is 49.3. The molecule has 23 nitrogen and oxygen atoms in total. The summed E-state index contributed by atoms with van der Waals surface area (Å²) in [5.41, 5.74) is 2.92. The number of ketones is 1. The van der Waals surface area contributed by atoms with Crippen LogP contribution in [0.15, 0.2) is 62.4 Å². The van der Waals surface area contributed by atoms with Crippen LogP contribution in [0, 0.1) is 0 Å². The van der Waals surface area contributed by atoms with Crippen LogP contribution < -0.4 is 56.9 Å². The molecule has 0 aromatic carbocycles. The van der Waals surface area contributed by atoms with E-state index in [1.807, 2.05) is 5.43 Å². The van der Waals surface area contributed by atoms with Gasteiger partial charge in [0, 0.05) is 5.97 Å². The Morgan fingerprint density at radius 2 is 1.19 bits per heavy atom. The number of nitrogens with zero attached hydrogens (tertiary/aromatic N) is 2. The minimum atomic E-state index is -1.08. The molecular weight excluding hydrogens is 956 g/mol. The number of aromatic hydroxyl groups is 1. The Morgan fingerprint density at radius 1 is 0.731 bits per heavy atom.